The number of alkyl halides is 3. The van der Waals surface area contributed by atoms with Crippen LogP contribution < -0.4 is 20.3 Å². The molecule has 0 bridgehead atoms. The lowest BCUT2D eigenvalue weighted by Crippen LogP contribution is -2.47. The minimum atomic E-state index is -4.43. The molecule has 1 atom stereocenters. The van der Waals surface area contributed by atoms with Crippen LogP contribution in [0.3, 0.4) is 0 Å². The highest BCUT2D eigenvalue weighted by Gasteiger charge is 2.31. The molecule has 0 amide bonds. The summed E-state index contributed by atoms with van der Waals surface area (Å²) in [6, 6.07) is 3.57. The highest BCUT2D eigenvalue weighted by molar-refractivity contribution is 5.46. The van der Waals surface area contributed by atoms with Crippen molar-refractivity contribution in [1.82, 2.24) is 15.0 Å². The van der Waals surface area contributed by atoms with Gasteiger partial charge in [0, 0.05) is 56.9 Å². The molecule has 0 radical (unpaired) electrons. The van der Waals surface area contributed by atoms with Crippen LogP contribution in [0.4, 0.5) is 24.9 Å². The normalized spacial score (nSPS) is 16.3. The summed E-state index contributed by atoms with van der Waals surface area (Å²) in [4.78, 5) is 16.0. The Balaban J connectivity index is 1.59. The molecule has 0 unspecified atom stereocenters. The first-order chi connectivity index (χ1) is 12.8. The maximum atomic E-state index is 12.6. The average molecular weight is 382 g/mol. The van der Waals surface area contributed by atoms with E-state index in [0.717, 1.165) is 18.2 Å². The minimum Gasteiger partial charge on any atom is -0.492 e. The quantitative estimate of drug-likeness (QED) is 0.846. The molecule has 1 fully saturated rings. The van der Waals surface area contributed by atoms with Crippen LogP contribution >= 0.6 is 0 Å². The first kappa shape index (κ1) is 19.2. The zero-order valence-electron chi connectivity index (χ0n) is 14.9. The second-order valence-electron chi connectivity index (χ2n) is 6.38. The van der Waals surface area contributed by atoms with Gasteiger partial charge in [-0.2, -0.15) is 13.2 Å². The molecule has 1 aliphatic rings. The molecule has 0 spiro atoms. The van der Waals surface area contributed by atoms with Crippen molar-refractivity contribution < 1.29 is 17.9 Å². The molecule has 146 valence electrons. The molecule has 2 aromatic heterocycles. The van der Waals surface area contributed by atoms with Gasteiger partial charge >= 0.3 is 6.18 Å². The molecule has 0 saturated carbocycles. The standard InChI is InChI=1S/C17H21F3N6O/c1-12(21)11-27-14-2-3-22-15(8-14)25-4-6-26(7-5-25)16-23-9-13(10-24-16)17(18,19)20/h2-3,8-10,12H,4-7,11,21H2,1H3/t12-/m0/s1. The lowest BCUT2D eigenvalue weighted by molar-refractivity contribution is -0.138. The van der Waals surface area contributed by atoms with E-state index in [4.69, 9.17) is 10.5 Å². The lowest BCUT2D eigenvalue weighted by Gasteiger charge is -2.35. The number of hydrogen-bond donors (Lipinski definition) is 1. The van der Waals surface area contributed by atoms with Crippen molar-refractivity contribution in [2.24, 2.45) is 5.73 Å². The SMILES string of the molecule is C[C@H](N)COc1ccnc(N2CCN(c3ncc(C(F)(F)F)cn3)CC2)c1. The molecule has 10 heteroatoms. The molecule has 3 rings (SSSR count). The van der Waals surface area contributed by atoms with Crippen LogP contribution in [-0.2, 0) is 6.18 Å². The number of rotatable bonds is 5. The molecule has 3 heterocycles. The third kappa shape index (κ3) is 4.97. The minimum absolute atomic E-state index is 0.0612. The van der Waals surface area contributed by atoms with Gasteiger partial charge in [0.05, 0.1) is 5.56 Å². The second kappa shape index (κ2) is 7.95. The third-order valence-electron chi connectivity index (χ3n) is 4.08. The molecule has 0 aromatic carbocycles. The smallest absolute Gasteiger partial charge is 0.419 e. The van der Waals surface area contributed by atoms with Crippen molar-refractivity contribution in [2.45, 2.75) is 19.1 Å². The average Bonchev–Trinajstić information content (AvgIpc) is 2.66. The number of anilines is 2. The molecule has 1 saturated heterocycles. The molecule has 2 N–H and O–H groups in total. The number of nitrogens with two attached hydrogens (primary N) is 1. The zero-order chi connectivity index (χ0) is 19.4. The van der Waals surface area contributed by atoms with E-state index in [1.54, 1.807) is 12.3 Å². The van der Waals surface area contributed by atoms with E-state index in [9.17, 15) is 13.2 Å². The van der Waals surface area contributed by atoms with Gasteiger partial charge in [-0.1, -0.05) is 0 Å². The van der Waals surface area contributed by atoms with Crippen LogP contribution in [0.5, 0.6) is 5.75 Å². The van der Waals surface area contributed by atoms with E-state index in [1.165, 1.54) is 0 Å². The predicted molar refractivity (Wildman–Crippen MR) is 94.8 cm³/mol. The maximum Gasteiger partial charge on any atom is 0.419 e. The van der Waals surface area contributed by atoms with Gasteiger partial charge in [-0.05, 0) is 13.0 Å². The van der Waals surface area contributed by atoms with Crippen molar-refractivity contribution in [3.05, 3.63) is 36.3 Å². The number of aromatic nitrogens is 3. The van der Waals surface area contributed by atoms with Gasteiger partial charge in [0.25, 0.3) is 0 Å². The Morgan fingerprint density at radius 3 is 2.33 bits per heavy atom. The fourth-order valence-corrected chi connectivity index (χ4v) is 2.66. The van der Waals surface area contributed by atoms with Gasteiger partial charge in [-0.15, -0.1) is 0 Å². The Morgan fingerprint density at radius 1 is 1.11 bits per heavy atom. The Bertz CT molecular complexity index is 745. The third-order valence-corrected chi connectivity index (χ3v) is 4.08. The molecular weight excluding hydrogens is 361 g/mol. The molecular formula is C17H21F3N6O. The van der Waals surface area contributed by atoms with E-state index in [-0.39, 0.29) is 6.04 Å². The monoisotopic (exact) mass is 382 g/mol. The van der Waals surface area contributed by atoms with E-state index < -0.39 is 11.7 Å². The fourth-order valence-electron chi connectivity index (χ4n) is 2.66. The number of hydrogen-bond acceptors (Lipinski definition) is 7. The van der Waals surface area contributed by atoms with E-state index >= 15 is 0 Å². The molecule has 0 aliphatic carbocycles. The van der Waals surface area contributed by atoms with Crippen molar-refractivity contribution in [1.29, 1.82) is 0 Å². The second-order valence-corrected chi connectivity index (χ2v) is 6.38. The maximum absolute atomic E-state index is 12.6. The largest absolute Gasteiger partial charge is 0.492 e. The Morgan fingerprint density at radius 2 is 1.74 bits per heavy atom. The lowest BCUT2D eigenvalue weighted by atomic mass is 10.3. The van der Waals surface area contributed by atoms with Gasteiger partial charge in [0.1, 0.15) is 18.2 Å². The van der Waals surface area contributed by atoms with Crippen LogP contribution in [-0.4, -0.2) is 53.8 Å². The van der Waals surface area contributed by atoms with Crippen LogP contribution in [0.25, 0.3) is 0 Å². The van der Waals surface area contributed by atoms with Crippen LogP contribution in [0, 0.1) is 0 Å². The summed E-state index contributed by atoms with van der Waals surface area (Å²) in [5.41, 5.74) is 4.84. The number of halogens is 3. The van der Waals surface area contributed by atoms with Gasteiger partial charge in [0.2, 0.25) is 5.95 Å². The van der Waals surface area contributed by atoms with E-state index in [0.29, 0.717) is 44.5 Å². The van der Waals surface area contributed by atoms with Crippen molar-refractivity contribution >= 4 is 11.8 Å². The summed E-state index contributed by atoms with van der Waals surface area (Å²) < 4.78 is 43.4. The molecule has 7 nitrogen and oxygen atoms in total. The summed E-state index contributed by atoms with van der Waals surface area (Å²) in [6.45, 7) is 4.74. The summed E-state index contributed by atoms with van der Waals surface area (Å²) in [6.07, 6.45) is -1.13. The van der Waals surface area contributed by atoms with Crippen molar-refractivity contribution in [2.75, 3.05) is 42.6 Å². The van der Waals surface area contributed by atoms with Crippen LogP contribution in [0.15, 0.2) is 30.7 Å². The number of nitrogens with zero attached hydrogens (tertiary/aromatic N) is 5. The topological polar surface area (TPSA) is 80.4 Å². The van der Waals surface area contributed by atoms with Gasteiger partial charge < -0.3 is 20.3 Å². The number of piperazine rings is 1. The first-order valence-corrected chi connectivity index (χ1v) is 8.56. The summed E-state index contributed by atoms with van der Waals surface area (Å²) in [7, 11) is 0. The van der Waals surface area contributed by atoms with Crippen molar-refractivity contribution in [3.63, 3.8) is 0 Å². The Labute approximate surface area is 155 Å². The van der Waals surface area contributed by atoms with E-state index in [1.807, 2.05) is 17.9 Å². The summed E-state index contributed by atoms with van der Waals surface area (Å²) >= 11 is 0. The molecule has 2 aromatic rings. The van der Waals surface area contributed by atoms with Crippen LogP contribution in [0.2, 0.25) is 0 Å². The van der Waals surface area contributed by atoms with Gasteiger partial charge in [0.15, 0.2) is 0 Å². The predicted octanol–water partition coefficient (Wildman–Crippen LogP) is 1.94. The van der Waals surface area contributed by atoms with Gasteiger partial charge in [-0.3, -0.25) is 0 Å². The first-order valence-electron chi connectivity index (χ1n) is 8.56. The number of pyridine rings is 1. The summed E-state index contributed by atoms with van der Waals surface area (Å²) in [5, 5.41) is 0. The Hall–Kier alpha value is -2.62. The zero-order valence-corrected chi connectivity index (χ0v) is 14.9. The van der Waals surface area contributed by atoms with Crippen LogP contribution in [0.1, 0.15) is 12.5 Å². The highest BCUT2D eigenvalue weighted by Crippen LogP contribution is 2.28. The highest BCUT2D eigenvalue weighted by atomic mass is 19.4. The molecule has 1 aliphatic heterocycles. The molecule has 27 heavy (non-hydrogen) atoms. The fraction of sp³-hybridized carbons (Fsp3) is 0.471. The Kier molecular flexibility index (Phi) is 5.64. The van der Waals surface area contributed by atoms with Gasteiger partial charge in [-0.25, -0.2) is 15.0 Å². The van der Waals surface area contributed by atoms with Crippen molar-refractivity contribution in [3.8, 4) is 5.75 Å². The summed E-state index contributed by atoms with van der Waals surface area (Å²) in [5.74, 6) is 1.78. The van der Waals surface area contributed by atoms with E-state index in [2.05, 4.69) is 19.9 Å². The number of ether oxygens (including phenoxy) is 1.